The number of hydrogen-bond donors (Lipinski definition) is 1. The fourth-order valence-corrected chi connectivity index (χ4v) is 3.22. The van der Waals surface area contributed by atoms with Crippen LogP contribution in [0.2, 0.25) is 0 Å². The standard InChI is InChI=1S/C19H26N2OS/c1-5-21(13-18-7-6-12-23-18)15(4)19(22)20-17-10-8-16(9-11-17)14(2)3/h6-12,14-15H,5,13H2,1-4H3,(H,20,22)/t15-/m1/s1. The molecule has 0 radical (unpaired) electrons. The van der Waals surface area contributed by atoms with Crippen LogP contribution >= 0.6 is 11.3 Å². The normalized spacial score (nSPS) is 12.6. The number of carbonyl (C=O) groups is 1. The van der Waals surface area contributed by atoms with E-state index in [2.05, 4.69) is 60.6 Å². The van der Waals surface area contributed by atoms with Gasteiger partial charge in [0.25, 0.3) is 0 Å². The Morgan fingerprint density at radius 1 is 1.17 bits per heavy atom. The molecule has 1 N–H and O–H groups in total. The van der Waals surface area contributed by atoms with Gasteiger partial charge in [0.05, 0.1) is 6.04 Å². The zero-order chi connectivity index (χ0) is 16.8. The summed E-state index contributed by atoms with van der Waals surface area (Å²) in [5.74, 6) is 0.542. The first-order chi connectivity index (χ1) is 11.0. The van der Waals surface area contributed by atoms with Crippen molar-refractivity contribution < 1.29 is 4.79 Å². The molecule has 2 rings (SSSR count). The SMILES string of the molecule is CCN(Cc1cccs1)[C@H](C)C(=O)Nc1ccc(C(C)C)cc1. The molecule has 1 amide bonds. The van der Waals surface area contributed by atoms with Crippen LogP contribution in [-0.2, 0) is 11.3 Å². The van der Waals surface area contributed by atoms with E-state index in [1.165, 1.54) is 10.4 Å². The molecular formula is C19H26N2OS. The molecule has 2 aromatic rings. The highest BCUT2D eigenvalue weighted by Gasteiger charge is 2.20. The van der Waals surface area contributed by atoms with Crippen LogP contribution < -0.4 is 5.32 Å². The number of nitrogens with zero attached hydrogens (tertiary/aromatic N) is 1. The molecule has 1 atom stereocenters. The van der Waals surface area contributed by atoms with Gasteiger partial charge >= 0.3 is 0 Å². The molecule has 0 saturated carbocycles. The lowest BCUT2D eigenvalue weighted by atomic mass is 10.0. The molecule has 0 fully saturated rings. The zero-order valence-electron chi connectivity index (χ0n) is 14.4. The Morgan fingerprint density at radius 3 is 2.39 bits per heavy atom. The smallest absolute Gasteiger partial charge is 0.241 e. The van der Waals surface area contributed by atoms with Crippen LogP contribution in [0.1, 0.15) is 44.1 Å². The van der Waals surface area contributed by atoms with Gasteiger partial charge in [0.2, 0.25) is 5.91 Å². The minimum atomic E-state index is -0.160. The third-order valence-corrected chi connectivity index (χ3v) is 4.98. The molecule has 0 aliphatic carbocycles. The number of rotatable bonds is 7. The maximum absolute atomic E-state index is 12.5. The van der Waals surface area contributed by atoms with Crippen LogP contribution in [0.4, 0.5) is 5.69 Å². The van der Waals surface area contributed by atoms with Crippen molar-refractivity contribution in [2.24, 2.45) is 0 Å². The molecule has 0 bridgehead atoms. The Morgan fingerprint density at radius 2 is 1.87 bits per heavy atom. The van der Waals surface area contributed by atoms with Gasteiger partial charge in [-0.1, -0.05) is 39.0 Å². The molecule has 0 saturated heterocycles. The molecule has 0 aliphatic rings. The van der Waals surface area contributed by atoms with Gasteiger partial charge in [-0.3, -0.25) is 9.69 Å². The highest BCUT2D eigenvalue weighted by molar-refractivity contribution is 7.09. The predicted molar refractivity (Wildman–Crippen MR) is 99.0 cm³/mol. The van der Waals surface area contributed by atoms with Crippen LogP contribution in [0.25, 0.3) is 0 Å². The fourth-order valence-electron chi connectivity index (χ4n) is 2.49. The summed E-state index contributed by atoms with van der Waals surface area (Å²) in [6, 6.07) is 12.1. The summed E-state index contributed by atoms with van der Waals surface area (Å²) in [7, 11) is 0. The quantitative estimate of drug-likeness (QED) is 0.796. The highest BCUT2D eigenvalue weighted by atomic mass is 32.1. The summed E-state index contributed by atoms with van der Waals surface area (Å²) < 4.78 is 0. The van der Waals surface area contributed by atoms with Crippen molar-refractivity contribution in [3.63, 3.8) is 0 Å². The minimum absolute atomic E-state index is 0.0423. The maximum atomic E-state index is 12.5. The number of carbonyl (C=O) groups excluding carboxylic acids is 1. The van der Waals surface area contributed by atoms with Gasteiger partial charge in [0, 0.05) is 17.1 Å². The number of benzene rings is 1. The first-order valence-electron chi connectivity index (χ1n) is 8.18. The second-order valence-electron chi connectivity index (χ2n) is 6.08. The third kappa shape index (κ3) is 4.91. The lowest BCUT2D eigenvalue weighted by molar-refractivity contribution is -0.120. The molecule has 1 aromatic carbocycles. The van der Waals surface area contributed by atoms with E-state index in [1.807, 2.05) is 19.1 Å². The van der Waals surface area contributed by atoms with Gasteiger partial charge < -0.3 is 5.32 Å². The lowest BCUT2D eigenvalue weighted by Gasteiger charge is -2.26. The van der Waals surface area contributed by atoms with Crippen molar-refractivity contribution >= 4 is 22.9 Å². The lowest BCUT2D eigenvalue weighted by Crippen LogP contribution is -2.41. The molecule has 1 aromatic heterocycles. The first kappa shape index (κ1) is 17.7. The molecule has 23 heavy (non-hydrogen) atoms. The van der Waals surface area contributed by atoms with Crippen LogP contribution in [0.3, 0.4) is 0 Å². The van der Waals surface area contributed by atoms with Crippen molar-refractivity contribution in [2.75, 3.05) is 11.9 Å². The van der Waals surface area contributed by atoms with E-state index in [-0.39, 0.29) is 11.9 Å². The number of thiophene rings is 1. The van der Waals surface area contributed by atoms with Gasteiger partial charge in [-0.05, 0) is 48.5 Å². The third-order valence-electron chi connectivity index (χ3n) is 4.12. The Kier molecular flexibility index (Phi) is 6.37. The Bertz CT molecular complexity index is 605. The van der Waals surface area contributed by atoms with Crippen molar-refractivity contribution in [1.29, 1.82) is 0 Å². The number of hydrogen-bond acceptors (Lipinski definition) is 3. The molecule has 1 heterocycles. The minimum Gasteiger partial charge on any atom is -0.325 e. The van der Waals surface area contributed by atoms with Crippen LogP contribution in [0.5, 0.6) is 0 Å². The second-order valence-corrected chi connectivity index (χ2v) is 7.12. The van der Waals surface area contributed by atoms with Crippen molar-refractivity contribution in [3.8, 4) is 0 Å². The van der Waals surface area contributed by atoms with Crippen molar-refractivity contribution in [3.05, 3.63) is 52.2 Å². The predicted octanol–water partition coefficient (Wildman–Crippen LogP) is 4.72. The van der Waals surface area contributed by atoms with Crippen LogP contribution in [0.15, 0.2) is 41.8 Å². The van der Waals surface area contributed by atoms with E-state index >= 15 is 0 Å². The number of nitrogens with one attached hydrogen (secondary N) is 1. The molecule has 0 unspecified atom stereocenters. The van der Waals surface area contributed by atoms with Crippen molar-refractivity contribution in [1.82, 2.24) is 4.90 Å². The van der Waals surface area contributed by atoms with E-state index in [9.17, 15) is 4.79 Å². The Hall–Kier alpha value is -1.65. The molecular weight excluding hydrogens is 304 g/mol. The number of likely N-dealkylation sites (N-methyl/N-ethyl adjacent to an activating group) is 1. The van der Waals surface area contributed by atoms with Gasteiger partial charge in [-0.15, -0.1) is 11.3 Å². The fraction of sp³-hybridized carbons (Fsp3) is 0.421. The van der Waals surface area contributed by atoms with Crippen LogP contribution in [0, 0.1) is 0 Å². The molecule has 124 valence electrons. The topological polar surface area (TPSA) is 32.3 Å². The summed E-state index contributed by atoms with van der Waals surface area (Å²) in [5, 5.41) is 5.10. The summed E-state index contributed by atoms with van der Waals surface area (Å²) in [6.07, 6.45) is 0. The molecule has 4 heteroatoms. The maximum Gasteiger partial charge on any atom is 0.241 e. The molecule has 3 nitrogen and oxygen atoms in total. The monoisotopic (exact) mass is 330 g/mol. The van der Waals surface area contributed by atoms with Crippen molar-refractivity contribution in [2.45, 2.75) is 46.2 Å². The Balaban J connectivity index is 1.97. The average Bonchev–Trinajstić information content (AvgIpc) is 3.05. The van der Waals surface area contributed by atoms with Gasteiger partial charge in [0.1, 0.15) is 0 Å². The summed E-state index contributed by atoms with van der Waals surface area (Å²) in [6.45, 7) is 10.1. The van der Waals surface area contributed by atoms with E-state index in [0.29, 0.717) is 5.92 Å². The van der Waals surface area contributed by atoms with E-state index < -0.39 is 0 Å². The molecule has 0 aliphatic heterocycles. The summed E-state index contributed by atoms with van der Waals surface area (Å²) >= 11 is 1.73. The zero-order valence-corrected chi connectivity index (χ0v) is 15.2. The largest absolute Gasteiger partial charge is 0.325 e. The summed E-state index contributed by atoms with van der Waals surface area (Å²) in [5.41, 5.74) is 2.14. The summed E-state index contributed by atoms with van der Waals surface area (Å²) in [4.78, 5) is 16.0. The van der Waals surface area contributed by atoms with E-state index in [0.717, 1.165) is 18.8 Å². The first-order valence-corrected chi connectivity index (χ1v) is 9.06. The van der Waals surface area contributed by atoms with Gasteiger partial charge in [-0.2, -0.15) is 0 Å². The van der Waals surface area contributed by atoms with E-state index in [1.54, 1.807) is 11.3 Å². The number of amides is 1. The van der Waals surface area contributed by atoms with Gasteiger partial charge in [0.15, 0.2) is 0 Å². The average molecular weight is 330 g/mol. The highest BCUT2D eigenvalue weighted by Crippen LogP contribution is 2.18. The number of anilines is 1. The Labute approximate surface area is 143 Å². The second kappa shape index (κ2) is 8.27. The van der Waals surface area contributed by atoms with E-state index in [4.69, 9.17) is 0 Å². The van der Waals surface area contributed by atoms with Gasteiger partial charge in [-0.25, -0.2) is 0 Å². The van der Waals surface area contributed by atoms with Crippen LogP contribution in [-0.4, -0.2) is 23.4 Å². The molecule has 0 spiro atoms.